The molecule has 0 unspecified atom stereocenters. The summed E-state index contributed by atoms with van der Waals surface area (Å²) in [5.74, 6) is -0.710. The SMILES string of the molecule is CC[C@H](C(=O)N1CCNC(=O)[C@H]1CC(=O)N1CCN(c2ccccc2)CC1)c1ccccc1. The van der Waals surface area contributed by atoms with E-state index >= 15 is 0 Å². The van der Waals surface area contributed by atoms with Crippen molar-refractivity contribution < 1.29 is 14.4 Å². The number of benzene rings is 2. The van der Waals surface area contributed by atoms with Gasteiger partial charge in [-0.3, -0.25) is 14.4 Å². The second kappa shape index (κ2) is 10.5. The number of piperazine rings is 2. The van der Waals surface area contributed by atoms with E-state index in [1.54, 1.807) is 4.90 Å². The molecule has 2 atom stereocenters. The Morgan fingerprint density at radius 1 is 0.939 bits per heavy atom. The van der Waals surface area contributed by atoms with Crippen LogP contribution in [0.2, 0.25) is 0 Å². The van der Waals surface area contributed by atoms with Crippen LogP contribution in [-0.2, 0) is 14.4 Å². The Morgan fingerprint density at radius 3 is 2.21 bits per heavy atom. The average molecular weight is 449 g/mol. The molecule has 0 radical (unpaired) electrons. The maximum absolute atomic E-state index is 13.5. The minimum Gasteiger partial charge on any atom is -0.368 e. The van der Waals surface area contributed by atoms with Crippen molar-refractivity contribution in [2.75, 3.05) is 44.2 Å². The van der Waals surface area contributed by atoms with Crippen molar-refractivity contribution >= 4 is 23.4 Å². The van der Waals surface area contributed by atoms with Gasteiger partial charge in [-0.05, 0) is 24.1 Å². The number of nitrogens with zero attached hydrogens (tertiary/aromatic N) is 3. The maximum Gasteiger partial charge on any atom is 0.243 e. The molecule has 33 heavy (non-hydrogen) atoms. The lowest BCUT2D eigenvalue weighted by molar-refractivity contribution is -0.147. The zero-order valence-electron chi connectivity index (χ0n) is 19.2. The molecule has 2 heterocycles. The molecule has 3 amide bonds. The summed E-state index contributed by atoms with van der Waals surface area (Å²) < 4.78 is 0. The van der Waals surface area contributed by atoms with Crippen molar-refractivity contribution in [1.29, 1.82) is 0 Å². The largest absolute Gasteiger partial charge is 0.368 e. The smallest absolute Gasteiger partial charge is 0.243 e. The van der Waals surface area contributed by atoms with Crippen LogP contribution < -0.4 is 10.2 Å². The van der Waals surface area contributed by atoms with Gasteiger partial charge in [0.25, 0.3) is 0 Å². The average Bonchev–Trinajstić information content (AvgIpc) is 2.87. The minimum absolute atomic E-state index is 0.0220. The zero-order chi connectivity index (χ0) is 23.2. The Kier molecular flexibility index (Phi) is 7.27. The fourth-order valence-corrected chi connectivity index (χ4v) is 4.77. The predicted octanol–water partition coefficient (Wildman–Crippen LogP) is 2.25. The Hall–Kier alpha value is -3.35. The fraction of sp³-hybridized carbons (Fsp3) is 0.423. The van der Waals surface area contributed by atoms with Crippen LogP contribution in [0.1, 0.15) is 31.2 Å². The van der Waals surface area contributed by atoms with Crippen molar-refractivity contribution in [3.63, 3.8) is 0 Å². The Labute approximate surface area is 195 Å². The highest BCUT2D eigenvalue weighted by Crippen LogP contribution is 2.25. The van der Waals surface area contributed by atoms with E-state index in [1.807, 2.05) is 60.4 Å². The monoisotopic (exact) mass is 448 g/mol. The summed E-state index contributed by atoms with van der Waals surface area (Å²) in [4.78, 5) is 45.0. The van der Waals surface area contributed by atoms with Crippen LogP contribution in [0.25, 0.3) is 0 Å². The van der Waals surface area contributed by atoms with E-state index in [-0.39, 0.29) is 30.1 Å². The number of hydrogen-bond acceptors (Lipinski definition) is 4. The standard InChI is InChI=1S/C26H32N4O3/c1-2-22(20-9-5-3-6-10-20)26(33)30-14-13-27-25(32)23(30)19-24(31)29-17-15-28(16-18-29)21-11-7-4-8-12-21/h3-12,22-23H,2,13-19H2,1H3,(H,27,32)/t22-,23+/m0/s1. The van der Waals surface area contributed by atoms with Gasteiger partial charge in [0.2, 0.25) is 17.7 Å². The molecule has 0 aliphatic carbocycles. The zero-order valence-corrected chi connectivity index (χ0v) is 19.2. The van der Waals surface area contributed by atoms with Crippen molar-refractivity contribution in [3.05, 3.63) is 66.2 Å². The van der Waals surface area contributed by atoms with Gasteiger partial charge in [0.15, 0.2) is 0 Å². The van der Waals surface area contributed by atoms with Crippen molar-refractivity contribution in [3.8, 4) is 0 Å². The molecule has 0 saturated carbocycles. The highest BCUT2D eigenvalue weighted by atomic mass is 16.2. The number of carbonyl (C=O) groups is 3. The lowest BCUT2D eigenvalue weighted by Gasteiger charge is -2.39. The first-order valence-electron chi connectivity index (χ1n) is 11.8. The Balaban J connectivity index is 1.41. The van der Waals surface area contributed by atoms with Crippen LogP contribution in [0.4, 0.5) is 5.69 Å². The van der Waals surface area contributed by atoms with Gasteiger partial charge in [-0.2, -0.15) is 0 Å². The van der Waals surface area contributed by atoms with Crippen molar-refractivity contribution in [2.45, 2.75) is 31.7 Å². The van der Waals surface area contributed by atoms with Crippen LogP contribution in [0.3, 0.4) is 0 Å². The van der Waals surface area contributed by atoms with Gasteiger partial charge < -0.3 is 20.0 Å². The number of para-hydroxylation sites is 1. The molecule has 2 aromatic rings. The van der Waals surface area contributed by atoms with Gasteiger partial charge in [0.05, 0.1) is 12.3 Å². The Bertz CT molecular complexity index is 958. The topological polar surface area (TPSA) is 73.0 Å². The summed E-state index contributed by atoms with van der Waals surface area (Å²) in [6, 6.07) is 19.1. The highest BCUT2D eigenvalue weighted by molar-refractivity contribution is 5.94. The second-order valence-electron chi connectivity index (χ2n) is 8.62. The van der Waals surface area contributed by atoms with Gasteiger partial charge >= 0.3 is 0 Å². The molecule has 2 aliphatic heterocycles. The first-order chi connectivity index (χ1) is 16.1. The van der Waals surface area contributed by atoms with Crippen LogP contribution in [0.5, 0.6) is 0 Å². The minimum atomic E-state index is -0.760. The van der Waals surface area contributed by atoms with E-state index in [9.17, 15) is 14.4 Å². The molecule has 0 bridgehead atoms. The molecule has 4 rings (SSSR count). The first kappa shape index (κ1) is 22.8. The molecule has 2 aromatic carbocycles. The normalized spacial score (nSPS) is 19.7. The van der Waals surface area contributed by atoms with Gasteiger partial charge in [0.1, 0.15) is 6.04 Å². The molecular formula is C26H32N4O3. The molecule has 0 aromatic heterocycles. The summed E-state index contributed by atoms with van der Waals surface area (Å²) in [7, 11) is 0. The number of carbonyl (C=O) groups excluding carboxylic acids is 3. The third-order valence-corrected chi connectivity index (χ3v) is 6.64. The van der Waals surface area contributed by atoms with E-state index in [4.69, 9.17) is 0 Å². The van der Waals surface area contributed by atoms with Crippen molar-refractivity contribution in [1.82, 2.24) is 15.1 Å². The van der Waals surface area contributed by atoms with Gasteiger partial charge in [-0.25, -0.2) is 0 Å². The molecular weight excluding hydrogens is 416 g/mol. The van der Waals surface area contributed by atoms with Gasteiger partial charge in [-0.15, -0.1) is 0 Å². The van der Waals surface area contributed by atoms with Gasteiger partial charge in [0, 0.05) is 45.0 Å². The van der Waals surface area contributed by atoms with E-state index in [0.29, 0.717) is 32.6 Å². The number of hydrogen-bond donors (Lipinski definition) is 1. The third kappa shape index (κ3) is 5.18. The lowest BCUT2D eigenvalue weighted by atomic mass is 9.93. The summed E-state index contributed by atoms with van der Waals surface area (Å²) in [5.41, 5.74) is 2.10. The van der Waals surface area contributed by atoms with E-state index in [0.717, 1.165) is 24.3 Å². The molecule has 2 fully saturated rings. The second-order valence-corrected chi connectivity index (χ2v) is 8.62. The molecule has 7 nitrogen and oxygen atoms in total. The molecule has 174 valence electrons. The number of rotatable bonds is 6. The molecule has 2 aliphatic rings. The number of amides is 3. The van der Waals surface area contributed by atoms with E-state index in [2.05, 4.69) is 22.3 Å². The molecule has 1 N–H and O–H groups in total. The Morgan fingerprint density at radius 2 is 1.58 bits per heavy atom. The number of nitrogens with one attached hydrogen (secondary N) is 1. The number of anilines is 1. The summed E-state index contributed by atoms with van der Waals surface area (Å²) in [6.45, 7) is 5.54. The van der Waals surface area contributed by atoms with E-state index < -0.39 is 6.04 Å². The predicted molar refractivity (Wildman–Crippen MR) is 128 cm³/mol. The molecule has 0 spiro atoms. The fourth-order valence-electron chi connectivity index (χ4n) is 4.77. The summed E-state index contributed by atoms with van der Waals surface area (Å²) >= 11 is 0. The maximum atomic E-state index is 13.5. The van der Waals surface area contributed by atoms with Crippen LogP contribution in [-0.4, -0.2) is 72.8 Å². The highest BCUT2D eigenvalue weighted by Gasteiger charge is 2.38. The molecule has 7 heteroatoms. The van der Waals surface area contributed by atoms with Gasteiger partial charge in [-0.1, -0.05) is 55.5 Å². The molecule has 2 saturated heterocycles. The third-order valence-electron chi connectivity index (χ3n) is 6.64. The van der Waals surface area contributed by atoms with Crippen LogP contribution in [0.15, 0.2) is 60.7 Å². The summed E-state index contributed by atoms with van der Waals surface area (Å²) in [6.07, 6.45) is 0.664. The van der Waals surface area contributed by atoms with Crippen LogP contribution >= 0.6 is 0 Å². The van der Waals surface area contributed by atoms with E-state index in [1.165, 1.54) is 0 Å². The summed E-state index contributed by atoms with van der Waals surface area (Å²) in [5, 5.41) is 2.84. The lowest BCUT2D eigenvalue weighted by Crippen LogP contribution is -2.60. The van der Waals surface area contributed by atoms with Crippen molar-refractivity contribution in [2.24, 2.45) is 0 Å². The quantitative estimate of drug-likeness (QED) is 0.736. The first-order valence-corrected chi connectivity index (χ1v) is 11.8. The van der Waals surface area contributed by atoms with Crippen LogP contribution in [0, 0.1) is 0 Å².